The van der Waals surface area contributed by atoms with Crippen LogP contribution in [0.4, 0.5) is 11.6 Å². The van der Waals surface area contributed by atoms with Gasteiger partial charge in [-0.1, -0.05) is 12.1 Å². The summed E-state index contributed by atoms with van der Waals surface area (Å²) in [7, 11) is 2.12. The number of aromatic nitrogens is 8. The Morgan fingerprint density at radius 1 is 1.12 bits per heavy atom. The Kier molecular flexibility index (Phi) is 6.76. The quantitative estimate of drug-likeness (QED) is 0.294. The number of hydrogen-bond acceptors (Lipinski definition) is 9. The Balaban J connectivity index is 1.36. The summed E-state index contributed by atoms with van der Waals surface area (Å²) in [6.45, 7) is 10.2. The standard InChI is InChI=1S/C28H32N10O2/c1-5-11-36-27(39)22-17-30-28(32-20-14-19-15-31-37(18(2)3)25(19)29-16-20)34-26(22)38(36)23-7-6-8-24(33-23)40-21-9-12-35(4)13-10-21/h5-8,14-18,21H,1,9-13H2,2-4H3,(H,30,32,34). The van der Waals surface area contributed by atoms with Gasteiger partial charge in [-0.15, -0.1) is 6.58 Å². The highest BCUT2D eigenvalue weighted by atomic mass is 16.5. The first-order chi connectivity index (χ1) is 19.4. The van der Waals surface area contributed by atoms with Crippen molar-refractivity contribution in [2.75, 3.05) is 25.5 Å². The fourth-order valence-corrected chi connectivity index (χ4v) is 4.99. The molecule has 5 aromatic heterocycles. The number of allylic oxidation sites excluding steroid dienone is 1. The molecule has 1 fully saturated rings. The molecule has 0 atom stereocenters. The van der Waals surface area contributed by atoms with Gasteiger partial charge >= 0.3 is 0 Å². The van der Waals surface area contributed by atoms with Gasteiger partial charge in [-0.25, -0.2) is 24.0 Å². The topological polar surface area (TPSA) is 121 Å². The molecule has 0 spiro atoms. The van der Waals surface area contributed by atoms with Crippen LogP contribution < -0.4 is 15.6 Å². The van der Waals surface area contributed by atoms with Crippen molar-refractivity contribution in [3.63, 3.8) is 0 Å². The zero-order valence-corrected chi connectivity index (χ0v) is 22.9. The number of rotatable bonds is 8. The van der Waals surface area contributed by atoms with Crippen molar-refractivity contribution in [3.05, 3.63) is 65.9 Å². The van der Waals surface area contributed by atoms with Crippen molar-refractivity contribution >= 4 is 33.7 Å². The SMILES string of the molecule is C=CCn1c(=O)c2cnc(Nc3cnc4c(cnn4C(C)C)c3)nc2n1-c1cccc(OC2CCN(C)CC2)n1. The van der Waals surface area contributed by atoms with Gasteiger partial charge in [0.15, 0.2) is 17.1 Å². The molecule has 1 aliphatic rings. The maximum absolute atomic E-state index is 13.3. The maximum Gasteiger partial charge on any atom is 0.278 e. The van der Waals surface area contributed by atoms with E-state index >= 15 is 0 Å². The molecular formula is C28H32N10O2. The first-order valence-electron chi connectivity index (χ1n) is 13.4. The van der Waals surface area contributed by atoms with Crippen molar-refractivity contribution in [2.24, 2.45) is 0 Å². The summed E-state index contributed by atoms with van der Waals surface area (Å²) in [5, 5.41) is 8.93. The summed E-state index contributed by atoms with van der Waals surface area (Å²) >= 11 is 0. The van der Waals surface area contributed by atoms with Crippen molar-refractivity contribution in [2.45, 2.75) is 45.4 Å². The molecule has 0 bridgehead atoms. The second-order valence-corrected chi connectivity index (χ2v) is 10.3. The molecule has 6 rings (SSSR count). The normalized spacial score (nSPS) is 14.8. The lowest BCUT2D eigenvalue weighted by molar-refractivity contribution is 0.110. The summed E-state index contributed by atoms with van der Waals surface area (Å²) in [5.74, 6) is 1.36. The number of nitrogens with one attached hydrogen (secondary N) is 1. The Hall–Kier alpha value is -4.58. The molecule has 1 aliphatic heterocycles. The molecule has 12 heteroatoms. The van der Waals surface area contributed by atoms with Crippen LogP contribution in [-0.2, 0) is 6.54 Å². The predicted molar refractivity (Wildman–Crippen MR) is 153 cm³/mol. The zero-order chi connectivity index (χ0) is 27.8. The van der Waals surface area contributed by atoms with Crippen LogP contribution in [0, 0.1) is 0 Å². The second-order valence-electron chi connectivity index (χ2n) is 10.3. The average Bonchev–Trinajstić information content (AvgIpc) is 3.49. The highest BCUT2D eigenvalue weighted by Crippen LogP contribution is 2.23. The van der Waals surface area contributed by atoms with Crippen LogP contribution in [0.3, 0.4) is 0 Å². The van der Waals surface area contributed by atoms with Crippen LogP contribution >= 0.6 is 0 Å². The van der Waals surface area contributed by atoms with Crippen LogP contribution in [0.5, 0.6) is 5.88 Å². The Morgan fingerprint density at radius 2 is 1.95 bits per heavy atom. The fourth-order valence-electron chi connectivity index (χ4n) is 4.99. The molecular weight excluding hydrogens is 508 g/mol. The van der Waals surface area contributed by atoms with Gasteiger partial charge in [-0.3, -0.25) is 4.79 Å². The van der Waals surface area contributed by atoms with Crippen LogP contribution in [0.2, 0.25) is 0 Å². The molecule has 206 valence electrons. The zero-order valence-electron chi connectivity index (χ0n) is 22.9. The smallest absolute Gasteiger partial charge is 0.278 e. The summed E-state index contributed by atoms with van der Waals surface area (Å²) in [6, 6.07) is 7.70. The number of fused-ring (bicyclic) bond motifs is 2. The molecule has 12 nitrogen and oxygen atoms in total. The van der Waals surface area contributed by atoms with E-state index in [1.54, 1.807) is 27.8 Å². The van der Waals surface area contributed by atoms with E-state index in [0.29, 0.717) is 34.4 Å². The maximum atomic E-state index is 13.3. The van der Waals surface area contributed by atoms with Crippen molar-refractivity contribution in [3.8, 4) is 11.7 Å². The molecule has 0 aliphatic carbocycles. The molecule has 5 aromatic rings. The van der Waals surface area contributed by atoms with E-state index in [-0.39, 0.29) is 24.2 Å². The van der Waals surface area contributed by atoms with Crippen molar-refractivity contribution in [1.29, 1.82) is 0 Å². The summed E-state index contributed by atoms with van der Waals surface area (Å²) < 4.78 is 11.3. The summed E-state index contributed by atoms with van der Waals surface area (Å²) in [4.78, 5) is 34.1. The van der Waals surface area contributed by atoms with E-state index in [1.807, 2.05) is 28.9 Å². The summed E-state index contributed by atoms with van der Waals surface area (Å²) in [6.07, 6.45) is 8.70. The third kappa shape index (κ3) is 4.81. The average molecular weight is 541 g/mol. The van der Waals surface area contributed by atoms with Gasteiger partial charge in [-0.2, -0.15) is 15.1 Å². The molecule has 0 unspecified atom stereocenters. The third-order valence-corrected chi connectivity index (χ3v) is 7.04. The van der Waals surface area contributed by atoms with Crippen LogP contribution in [0.15, 0.2) is 60.3 Å². The largest absolute Gasteiger partial charge is 0.474 e. The number of anilines is 2. The van der Waals surface area contributed by atoms with Crippen LogP contribution in [-0.4, -0.2) is 70.2 Å². The van der Waals surface area contributed by atoms with Crippen LogP contribution in [0.1, 0.15) is 32.7 Å². The first-order valence-corrected chi connectivity index (χ1v) is 13.4. The van der Waals surface area contributed by atoms with Gasteiger partial charge in [0, 0.05) is 36.8 Å². The monoisotopic (exact) mass is 540 g/mol. The van der Waals surface area contributed by atoms with Gasteiger partial charge < -0.3 is 15.0 Å². The van der Waals surface area contributed by atoms with E-state index in [9.17, 15) is 4.79 Å². The minimum Gasteiger partial charge on any atom is -0.474 e. The molecule has 1 saturated heterocycles. The lowest BCUT2D eigenvalue weighted by Crippen LogP contribution is -2.35. The Labute approximate surface area is 230 Å². The number of pyridine rings is 2. The van der Waals surface area contributed by atoms with Crippen molar-refractivity contribution in [1.82, 2.24) is 44.0 Å². The number of hydrogen-bond donors (Lipinski definition) is 1. The van der Waals surface area contributed by atoms with Crippen LogP contribution in [0.25, 0.3) is 27.9 Å². The number of piperidine rings is 1. The Morgan fingerprint density at radius 3 is 2.73 bits per heavy atom. The minimum atomic E-state index is -0.228. The Bertz CT molecular complexity index is 1740. The number of likely N-dealkylation sites (tertiary alicyclic amines) is 1. The van der Waals surface area contributed by atoms with Gasteiger partial charge in [0.1, 0.15) is 11.5 Å². The fraction of sp³-hybridized carbons (Fsp3) is 0.357. The lowest BCUT2D eigenvalue weighted by atomic mass is 10.1. The molecule has 40 heavy (non-hydrogen) atoms. The highest BCUT2D eigenvalue weighted by molar-refractivity contribution is 5.80. The minimum absolute atomic E-state index is 0.104. The van der Waals surface area contributed by atoms with Gasteiger partial charge in [-0.05, 0) is 45.9 Å². The number of nitrogens with zero attached hydrogens (tertiary/aromatic N) is 9. The van der Waals surface area contributed by atoms with Crippen molar-refractivity contribution < 1.29 is 4.74 Å². The van der Waals surface area contributed by atoms with E-state index in [2.05, 4.69) is 52.8 Å². The van der Waals surface area contributed by atoms with Gasteiger partial charge in [0.05, 0.1) is 24.6 Å². The van der Waals surface area contributed by atoms with E-state index < -0.39 is 0 Å². The lowest BCUT2D eigenvalue weighted by Gasteiger charge is -2.29. The molecule has 0 radical (unpaired) electrons. The molecule has 0 saturated carbocycles. The molecule has 0 aromatic carbocycles. The highest BCUT2D eigenvalue weighted by Gasteiger charge is 2.21. The number of ether oxygens (including phenoxy) is 1. The van der Waals surface area contributed by atoms with Gasteiger partial charge in [0.2, 0.25) is 11.8 Å². The molecule has 0 amide bonds. The predicted octanol–water partition coefficient (Wildman–Crippen LogP) is 3.71. The molecule has 1 N–H and O–H groups in total. The summed E-state index contributed by atoms with van der Waals surface area (Å²) in [5.41, 5.74) is 1.71. The van der Waals surface area contributed by atoms with E-state index in [1.165, 1.54) is 6.20 Å². The van der Waals surface area contributed by atoms with E-state index in [4.69, 9.17) is 14.7 Å². The van der Waals surface area contributed by atoms with Gasteiger partial charge in [0.25, 0.3) is 5.56 Å². The third-order valence-electron chi connectivity index (χ3n) is 7.04. The first kappa shape index (κ1) is 25.7. The molecule has 6 heterocycles. The second kappa shape index (κ2) is 10.5. The van der Waals surface area contributed by atoms with E-state index in [0.717, 1.165) is 37.0 Å².